The van der Waals surface area contributed by atoms with Crippen LogP contribution in [0.25, 0.3) is 6.08 Å². The maximum Gasteiger partial charge on any atom is 0.326 e. The molecular formula is C24H24N2O10. The van der Waals surface area contributed by atoms with Crippen LogP contribution in [0.3, 0.4) is 0 Å². The molecule has 12 nitrogen and oxygen atoms in total. The number of nitrogens with two attached hydrogens (primary N) is 1. The number of amides is 2. The molecular weight excluding hydrogens is 476 g/mol. The fraction of sp³-hybridized carbons (Fsp3) is 0.250. The molecule has 1 unspecified atom stereocenters. The second kappa shape index (κ2) is 11.1. The molecule has 2 aromatic carbocycles. The molecule has 12 heteroatoms. The second-order valence-electron chi connectivity index (χ2n) is 7.47. The molecule has 0 saturated carbocycles. The predicted molar refractivity (Wildman–Crippen MR) is 124 cm³/mol. The normalized spacial score (nSPS) is 13.9. The van der Waals surface area contributed by atoms with Gasteiger partial charge in [-0.2, -0.15) is 0 Å². The third-order valence-electron chi connectivity index (χ3n) is 5.03. The summed E-state index contributed by atoms with van der Waals surface area (Å²) >= 11 is 0. The highest BCUT2D eigenvalue weighted by Crippen LogP contribution is 2.40. The van der Waals surface area contributed by atoms with Gasteiger partial charge in [0.25, 0.3) is 5.91 Å². The molecule has 2 aromatic rings. The monoisotopic (exact) mass is 500 g/mol. The number of fused-ring (bicyclic) bond motifs is 1. The van der Waals surface area contributed by atoms with Gasteiger partial charge in [0.2, 0.25) is 17.4 Å². The van der Waals surface area contributed by atoms with E-state index in [0.717, 1.165) is 0 Å². The molecule has 0 bridgehead atoms. The van der Waals surface area contributed by atoms with E-state index >= 15 is 0 Å². The van der Waals surface area contributed by atoms with Crippen molar-refractivity contribution in [3.8, 4) is 28.7 Å². The van der Waals surface area contributed by atoms with Crippen LogP contribution in [-0.2, 0) is 14.4 Å². The van der Waals surface area contributed by atoms with Crippen molar-refractivity contribution in [2.24, 2.45) is 5.73 Å². The Morgan fingerprint density at radius 2 is 1.75 bits per heavy atom. The Labute approximate surface area is 205 Å². The van der Waals surface area contributed by atoms with Gasteiger partial charge in [-0.15, -0.1) is 0 Å². The minimum absolute atomic E-state index is 0.0462. The number of carbonyl (C=O) groups is 4. The third-order valence-corrected chi connectivity index (χ3v) is 5.03. The van der Waals surface area contributed by atoms with Gasteiger partial charge in [-0.1, -0.05) is 0 Å². The zero-order chi connectivity index (χ0) is 26.4. The van der Waals surface area contributed by atoms with Gasteiger partial charge < -0.3 is 39.8 Å². The summed E-state index contributed by atoms with van der Waals surface area (Å²) in [6, 6.07) is 6.21. The van der Waals surface area contributed by atoms with E-state index < -0.39 is 36.9 Å². The molecule has 190 valence electrons. The van der Waals surface area contributed by atoms with E-state index in [1.165, 1.54) is 45.6 Å². The highest BCUT2D eigenvalue weighted by Gasteiger charge is 2.28. The highest BCUT2D eigenvalue weighted by atomic mass is 16.5. The van der Waals surface area contributed by atoms with Crippen LogP contribution in [0.4, 0.5) is 0 Å². The first-order chi connectivity index (χ1) is 17.2. The fourth-order valence-corrected chi connectivity index (χ4v) is 3.38. The summed E-state index contributed by atoms with van der Waals surface area (Å²) in [5, 5.41) is 11.2. The molecule has 0 aromatic heterocycles. The molecule has 0 spiro atoms. The summed E-state index contributed by atoms with van der Waals surface area (Å²) in [6.45, 7) is -0.538. The number of methoxy groups -OCH3 is 3. The average Bonchev–Trinajstić information content (AvgIpc) is 3.15. The predicted octanol–water partition coefficient (Wildman–Crippen LogP) is 1.15. The van der Waals surface area contributed by atoms with Gasteiger partial charge in [0.05, 0.1) is 33.3 Å². The Morgan fingerprint density at radius 1 is 1.08 bits per heavy atom. The number of nitrogens with one attached hydrogen (secondary N) is 1. The van der Waals surface area contributed by atoms with Crippen molar-refractivity contribution in [1.29, 1.82) is 0 Å². The van der Waals surface area contributed by atoms with Crippen molar-refractivity contribution in [2.45, 2.75) is 12.5 Å². The smallest absolute Gasteiger partial charge is 0.326 e. The SMILES string of the molecule is COc1cc(C=C2Oc3cc(OCC(=O)NC(CC(N)=O)C(=O)O)ccc3C2=O)cc(OC)c1OC. The molecule has 0 aliphatic carbocycles. The lowest BCUT2D eigenvalue weighted by atomic mass is 10.1. The first kappa shape index (κ1) is 25.9. The summed E-state index contributed by atoms with van der Waals surface area (Å²) in [5.41, 5.74) is 5.85. The summed E-state index contributed by atoms with van der Waals surface area (Å²) in [7, 11) is 4.43. The van der Waals surface area contributed by atoms with Gasteiger partial charge in [-0.3, -0.25) is 14.4 Å². The Balaban J connectivity index is 1.72. The van der Waals surface area contributed by atoms with E-state index in [4.69, 9.17) is 34.5 Å². The van der Waals surface area contributed by atoms with Crippen LogP contribution in [0.15, 0.2) is 36.1 Å². The number of Topliss-reactive ketones (excluding diaryl/α,β-unsaturated/α-hetero) is 1. The molecule has 3 rings (SSSR count). The van der Waals surface area contributed by atoms with E-state index in [1.807, 2.05) is 0 Å². The zero-order valence-corrected chi connectivity index (χ0v) is 19.7. The van der Waals surface area contributed by atoms with Crippen LogP contribution in [0.1, 0.15) is 22.3 Å². The molecule has 1 heterocycles. The minimum Gasteiger partial charge on any atom is -0.493 e. The van der Waals surface area contributed by atoms with Crippen molar-refractivity contribution in [2.75, 3.05) is 27.9 Å². The molecule has 0 radical (unpaired) electrons. The van der Waals surface area contributed by atoms with Crippen LogP contribution >= 0.6 is 0 Å². The lowest BCUT2D eigenvalue weighted by Crippen LogP contribution is -2.45. The zero-order valence-electron chi connectivity index (χ0n) is 19.7. The first-order valence-electron chi connectivity index (χ1n) is 10.5. The molecule has 0 saturated heterocycles. The number of allylic oxidation sites excluding steroid dienone is 1. The third kappa shape index (κ3) is 5.84. The van der Waals surface area contributed by atoms with Gasteiger partial charge in [-0.05, 0) is 35.9 Å². The second-order valence-corrected chi connectivity index (χ2v) is 7.47. The number of carbonyl (C=O) groups excluding carboxylic acids is 3. The van der Waals surface area contributed by atoms with Gasteiger partial charge in [-0.25, -0.2) is 4.79 Å². The lowest BCUT2D eigenvalue weighted by molar-refractivity contribution is -0.143. The lowest BCUT2D eigenvalue weighted by Gasteiger charge is -2.13. The Kier molecular flexibility index (Phi) is 8.00. The highest BCUT2D eigenvalue weighted by molar-refractivity contribution is 6.14. The number of hydrogen-bond donors (Lipinski definition) is 3. The largest absolute Gasteiger partial charge is 0.493 e. The van der Waals surface area contributed by atoms with Crippen LogP contribution < -0.4 is 34.7 Å². The van der Waals surface area contributed by atoms with Gasteiger partial charge in [0, 0.05) is 6.07 Å². The standard InChI is InChI=1S/C24H24N2O10/c1-32-18-7-12(8-19(33-2)23(18)34-3)6-17-22(29)14-5-4-13(9-16(14)36-17)35-11-21(28)26-15(24(30)31)10-20(25)27/h4-9,15H,10-11H2,1-3H3,(H2,25,27)(H,26,28)(H,30,31). The number of aliphatic carboxylic acids is 1. The topological polar surface area (TPSA) is 173 Å². The molecule has 2 amide bonds. The van der Waals surface area contributed by atoms with Gasteiger partial charge >= 0.3 is 5.97 Å². The van der Waals surface area contributed by atoms with E-state index in [-0.39, 0.29) is 28.6 Å². The molecule has 4 N–H and O–H groups in total. The number of ether oxygens (including phenoxy) is 5. The number of ketones is 1. The summed E-state index contributed by atoms with van der Waals surface area (Å²) in [6.07, 6.45) is 0.961. The van der Waals surface area contributed by atoms with E-state index in [0.29, 0.717) is 22.8 Å². The summed E-state index contributed by atoms with van der Waals surface area (Å²) in [5.74, 6) is -1.74. The molecule has 1 aliphatic heterocycles. The maximum absolute atomic E-state index is 12.8. The molecule has 1 aliphatic rings. The van der Waals surface area contributed by atoms with Gasteiger partial charge in [0.1, 0.15) is 17.5 Å². The number of primary amides is 1. The van der Waals surface area contributed by atoms with Crippen LogP contribution in [0.2, 0.25) is 0 Å². The molecule has 0 fully saturated rings. The molecule has 1 atom stereocenters. The maximum atomic E-state index is 12.8. The number of benzene rings is 2. The molecule has 36 heavy (non-hydrogen) atoms. The van der Waals surface area contributed by atoms with Crippen molar-refractivity contribution >= 4 is 29.6 Å². The average molecular weight is 500 g/mol. The Bertz CT molecular complexity index is 1210. The van der Waals surface area contributed by atoms with Gasteiger partial charge in [0.15, 0.2) is 23.9 Å². The van der Waals surface area contributed by atoms with Crippen LogP contribution in [0, 0.1) is 0 Å². The number of carboxylic acids is 1. The van der Waals surface area contributed by atoms with Crippen LogP contribution in [-0.4, -0.2) is 62.7 Å². The van der Waals surface area contributed by atoms with E-state index in [9.17, 15) is 19.2 Å². The van der Waals surface area contributed by atoms with Crippen LogP contribution in [0.5, 0.6) is 28.7 Å². The van der Waals surface area contributed by atoms with E-state index in [1.54, 1.807) is 12.1 Å². The Morgan fingerprint density at radius 3 is 2.31 bits per heavy atom. The minimum atomic E-state index is -1.47. The quantitative estimate of drug-likeness (QED) is 0.380. The van der Waals surface area contributed by atoms with Crippen molar-refractivity contribution in [3.63, 3.8) is 0 Å². The fourth-order valence-electron chi connectivity index (χ4n) is 3.38. The number of rotatable bonds is 11. The summed E-state index contributed by atoms with van der Waals surface area (Å²) in [4.78, 5) is 46.9. The van der Waals surface area contributed by atoms with Crippen molar-refractivity contribution in [1.82, 2.24) is 5.32 Å². The van der Waals surface area contributed by atoms with Crippen molar-refractivity contribution < 1.29 is 48.0 Å². The summed E-state index contributed by atoms with van der Waals surface area (Å²) < 4.78 is 27.0. The van der Waals surface area contributed by atoms with Crippen molar-refractivity contribution in [3.05, 3.63) is 47.2 Å². The first-order valence-corrected chi connectivity index (χ1v) is 10.5. The Hall–Kier alpha value is -4.74. The van der Waals surface area contributed by atoms with E-state index in [2.05, 4.69) is 5.32 Å². The number of hydrogen-bond acceptors (Lipinski definition) is 9. The number of carboxylic acid groups (broad SMARTS) is 1.